The Morgan fingerprint density at radius 1 is 1.16 bits per heavy atom. The average molecular weight is 365 g/mol. The molecule has 1 heterocycles. The molecular formula is C18H28N4O2S. The molecule has 1 saturated carbocycles. The fourth-order valence-corrected chi connectivity index (χ4v) is 4.24. The summed E-state index contributed by atoms with van der Waals surface area (Å²) in [7, 11) is -3.08. The maximum atomic E-state index is 11.6. The van der Waals surface area contributed by atoms with Gasteiger partial charge in [0.15, 0.2) is 0 Å². The van der Waals surface area contributed by atoms with E-state index < -0.39 is 10.0 Å². The van der Waals surface area contributed by atoms with E-state index in [1.165, 1.54) is 0 Å². The third kappa shape index (κ3) is 4.33. The van der Waals surface area contributed by atoms with Crippen molar-refractivity contribution in [2.45, 2.75) is 52.1 Å². The van der Waals surface area contributed by atoms with E-state index in [1.54, 1.807) is 6.92 Å². The number of aromatic nitrogens is 2. The number of rotatable bonds is 7. The van der Waals surface area contributed by atoms with Gasteiger partial charge >= 0.3 is 0 Å². The minimum absolute atomic E-state index is 0.150. The van der Waals surface area contributed by atoms with Gasteiger partial charge < -0.3 is 9.88 Å². The van der Waals surface area contributed by atoms with Crippen molar-refractivity contribution in [2.24, 2.45) is 5.92 Å². The number of para-hydroxylation sites is 2. The first-order valence-electron chi connectivity index (χ1n) is 9.21. The fraction of sp³-hybridized carbons (Fsp3) is 0.611. The van der Waals surface area contributed by atoms with E-state index in [9.17, 15) is 8.42 Å². The first-order valence-corrected chi connectivity index (χ1v) is 10.9. The molecule has 1 aromatic heterocycles. The van der Waals surface area contributed by atoms with Crippen molar-refractivity contribution in [3.63, 3.8) is 0 Å². The van der Waals surface area contributed by atoms with Crippen LogP contribution in [0.4, 0.5) is 5.95 Å². The minimum Gasteiger partial charge on any atom is -0.353 e. The molecule has 0 bridgehead atoms. The second-order valence-corrected chi connectivity index (χ2v) is 8.88. The van der Waals surface area contributed by atoms with Gasteiger partial charge in [-0.1, -0.05) is 12.1 Å². The number of anilines is 1. The molecule has 3 rings (SSSR count). The zero-order valence-corrected chi connectivity index (χ0v) is 15.8. The maximum Gasteiger partial charge on any atom is 0.211 e. The van der Waals surface area contributed by atoms with Crippen molar-refractivity contribution in [3.8, 4) is 0 Å². The van der Waals surface area contributed by atoms with E-state index >= 15 is 0 Å². The zero-order chi connectivity index (χ0) is 17.9. The van der Waals surface area contributed by atoms with Crippen molar-refractivity contribution in [2.75, 3.05) is 17.6 Å². The summed E-state index contributed by atoms with van der Waals surface area (Å²) in [6, 6.07) is 8.61. The molecular weight excluding hydrogens is 336 g/mol. The highest BCUT2D eigenvalue weighted by Crippen LogP contribution is 2.27. The third-order valence-electron chi connectivity index (χ3n) is 5.12. The largest absolute Gasteiger partial charge is 0.353 e. The average Bonchev–Trinajstić information content (AvgIpc) is 2.98. The Labute approximate surface area is 150 Å². The first kappa shape index (κ1) is 18.2. The zero-order valence-electron chi connectivity index (χ0n) is 15.0. The Balaban J connectivity index is 1.58. The molecule has 0 radical (unpaired) electrons. The Bertz CT molecular complexity index is 808. The molecule has 0 aliphatic heterocycles. The molecule has 6 nitrogen and oxygen atoms in total. The summed E-state index contributed by atoms with van der Waals surface area (Å²) in [5, 5.41) is 3.61. The highest BCUT2D eigenvalue weighted by molar-refractivity contribution is 7.89. The van der Waals surface area contributed by atoms with Crippen LogP contribution in [0.15, 0.2) is 24.3 Å². The van der Waals surface area contributed by atoms with E-state index in [0.29, 0.717) is 18.5 Å². The summed E-state index contributed by atoms with van der Waals surface area (Å²) >= 11 is 0. The summed E-state index contributed by atoms with van der Waals surface area (Å²) in [6.45, 7) is 5.26. The van der Waals surface area contributed by atoms with Gasteiger partial charge in [-0.25, -0.2) is 18.1 Å². The van der Waals surface area contributed by atoms with Crippen molar-refractivity contribution in [3.05, 3.63) is 24.3 Å². The van der Waals surface area contributed by atoms with Crippen LogP contribution in [0, 0.1) is 5.92 Å². The van der Waals surface area contributed by atoms with Crippen LogP contribution >= 0.6 is 0 Å². The van der Waals surface area contributed by atoms with Gasteiger partial charge in [0.05, 0.1) is 16.8 Å². The van der Waals surface area contributed by atoms with Gasteiger partial charge in [-0.05, 0) is 57.6 Å². The van der Waals surface area contributed by atoms with E-state index in [4.69, 9.17) is 4.98 Å². The predicted molar refractivity (Wildman–Crippen MR) is 102 cm³/mol. The fourth-order valence-electron chi connectivity index (χ4n) is 3.55. The molecule has 2 aromatic rings. The standard InChI is InChI=1S/C18H28N4O2S/c1-3-22-17-8-6-5-7-16(17)21-18(22)20-15-11-9-14(10-12-15)13-19-25(23,24)4-2/h5-8,14-15,19H,3-4,9-13H2,1-2H3,(H,20,21). The van der Waals surface area contributed by atoms with Gasteiger partial charge in [-0.15, -0.1) is 0 Å². The van der Waals surface area contributed by atoms with Crippen LogP contribution in [-0.2, 0) is 16.6 Å². The first-order chi connectivity index (χ1) is 12.0. The lowest BCUT2D eigenvalue weighted by Gasteiger charge is -2.29. The predicted octanol–water partition coefficient (Wildman–Crippen LogP) is 2.97. The molecule has 0 unspecified atom stereocenters. The van der Waals surface area contributed by atoms with Crippen LogP contribution in [-0.4, -0.2) is 36.3 Å². The molecule has 0 atom stereocenters. The Hall–Kier alpha value is -1.60. The summed E-state index contributed by atoms with van der Waals surface area (Å²) < 4.78 is 28.1. The second kappa shape index (κ2) is 7.74. The smallest absolute Gasteiger partial charge is 0.211 e. The van der Waals surface area contributed by atoms with Crippen molar-refractivity contribution >= 4 is 27.0 Å². The molecule has 7 heteroatoms. The lowest BCUT2D eigenvalue weighted by atomic mass is 9.86. The van der Waals surface area contributed by atoms with Gasteiger partial charge in [0.1, 0.15) is 0 Å². The van der Waals surface area contributed by atoms with Crippen LogP contribution in [0.1, 0.15) is 39.5 Å². The van der Waals surface area contributed by atoms with Crippen molar-refractivity contribution in [1.29, 1.82) is 0 Å². The molecule has 1 aliphatic carbocycles. The van der Waals surface area contributed by atoms with Crippen LogP contribution in [0.3, 0.4) is 0 Å². The molecule has 1 fully saturated rings. The van der Waals surface area contributed by atoms with Gasteiger partial charge in [0, 0.05) is 19.1 Å². The van der Waals surface area contributed by atoms with Crippen LogP contribution in [0.25, 0.3) is 11.0 Å². The number of aryl methyl sites for hydroxylation is 1. The molecule has 1 aliphatic rings. The lowest BCUT2D eigenvalue weighted by Crippen LogP contribution is -2.34. The number of nitrogens with one attached hydrogen (secondary N) is 2. The van der Waals surface area contributed by atoms with Crippen molar-refractivity contribution < 1.29 is 8.42 Å². The van der Waals surface area contributed by atoms with Crippen LogP contribution in [0.2, 0.25) is 0 Å². The molecule has 0 saturated heterocycles. The molecule has 1 aromatic carbocycles. The molecule has 0 amide bonds. The number of sulfonamides is 1. The van der Waals surface area contributed by atoms with Gasteiger partial charge in [0.2, 0.25) is 16.0 Å². The second-order valence-electron chi connectivity index (χ2n) is 6.78. The number of imidazole rings is 1. The number of hydrogen-bond donors (Lipinski definition) is 2. The summed E-state index contributed by atoms with van der Waals surface area (Å²) in [6.07, 6.45) is 4.17. The Kier molecular flexibility index (Phi) is 5.64. The summed E-state index contributed by atoms with van der Waals surface area (Å²) in [5.74, 6) is 1.53. The van der Waals surface area contributed by atoms with E-state index in [-0.39, 0.29) is 5.75 Å². The van der Waals surface area contributed by atoms with E-state index in [2.05, 4.69) is 27.6 Å². The highest BCUT2D eigenvalue weighted by Gasteiger charge is 2.23. The van der Waals surface area contributed by atoms with E-state index in [1.807, 2.05) is 18.2 Å². The quantitative estimate of drug-likeness (QED) is 0.792. The van der Waals surface area contributed by atoms with Gasteiger partial charge in [0.25, 0.3) is 0 Å². The molecule has 138 valence electrons. The van der Waals surface area contributed by atoms with Gasteiger partial charge in [-0.3, -0.25) is 0 Å². The SMILES string of the molecule is CCn1c(NC2CCC(CNS(=O)(=O)CC)CC2)nc2ccccc21. The summed E-state index contributed by atoms with van der Waals surface area (Å²) in [5.41, 5.74) is 2.18. The highest BCUT2D eigenvalue weighted by atomic mass is 32.2. The monoisotopic (exact) mass is 364 g/mol. The maximum absolute atomic E-state index is 11.6. The van der Waals surface area contributed by atoms with Crippen LogP contribution < -0.4 is 10.0 Å². The Morgan fingerprint density at radius 3 is 2.56 bits per heavy atom. The number of fused-ring (bicyclic) bond motifs is 1. The molecule has 0 spiro atoms. The lowest BCUT2D eigenvalue weighted by molar-refractivity contribution is 0.336. The topological polar surface area (TPSA) is 76.0 Å². The van der Waals surface area contributed by atoms with Gasteiger partial charge in [-0.2, -0.15) is 0 Å². The number of hydrogen-bond acceptors (Lipinski definition) is 4. The Morgan fingerprint density at radius 2 is 1.88 bits per heavy atom. The number of benzene rings is 1. The minimum atomic E-state index is -3.08. The van der Waals surface area contributed by atoms with E-state index in [0.717, 1.165) is 49.2 Å². The van der Waals surface area contributed by atoms with Crippen molar-refractivity contribution in [1.82, 2.24) is 14.3 Å². The number of nitrogens with zero attached hydrogens (tertiary/aromatic N) is 2. The normalized spacial score (nSPS) is 21.5. The summed E-state index contributed by atoms with van der Waals surface area (Å²) in [4.78, 5) is 4.74. The third-order valence-corrected chi connectivity index (χ3v) is 6.49. The molecule has 2 N–H and O–H groups in total. The van der Waals surface area contributed by atoms with Crippen LogP contribution in [0.5, 0.6) is 0 Å². The molecule has 25 heavy (non-hydrogen) atoms.